The van der Waals surface area contributed by atoms with E-state index in [1.165, 1.54) is 12.2 Å². The Bertz CT molecular complexity index is 910. The van der Waals surface area contributed by atoms with E-state index in [2.05, 4.69) is 20.8 Å². The summed E-state index contributed by atoms with van der Waals surface area (Å²) in [5.41, 5.74) is 0. The zero-order valence-corrected chi connectivity index (χ0v) is 21.0. The van der Waals surface area contributed by atoms with E-state index in [9.17, 15) is 9.59 Å². The van der Waals surface area contributed by atoms with E-state index in [1.807, 2.05) is 60.7 Å². The Kier molecular flexibility index (Phi) is 8.27. The highest BCUT2D eigenvalue weighted by Gasteiger charge is 2.52. The van der Waals surface area contributed by atoms with E-state index in [1.54, 1.807) is 7.11 Å². The summed E-state index contributed by atoms with van der Waals surface area (Å²) in [6.07, 6.45) is 5.72. The highest BCUT2D eigenvalue weighted by molar-refractivity contribution is 7.00. The molecule has 0 N–H and O–H groups in total. The van der Waals surface area contributed by atoms with Crippen molar-refractivity contribution in [2.45, 2.75) is 63.7 Å². The number of ether oxygens (including phenoxy) is 2. The van der Waals surface area contributed by atoms with Crippen molar-refractivity contribution >= 4 is 30.6 Å². The van der Waals surface area contributed by atoms with Gasteiger partial charge in [-0.05, 0) is 34.7 Å². The first-order valence-corrected chi connectivity index (χ1v) is 13.4. The third-order valence-corrected chi connectivity index (χ3v) is 11.1. The molecule has 176 valence electrons. The maximum Gasteiger partial charge on any atom is 0.331 e. The fourth-order valence-electron chi connectivity index (χ4n) is 4.60. The van der Waals surface area contributed by atoms with Crippen LogP contribution in [0.25, 0.3) is 0 Å². The Morgan fingerprint density at radius 1 is 0.848 bits per heavy atom. The van der Waals surface area contributed by atoms with Gasteiger partial charge < -0.3 is 13.9 Å². The van der Waals surface area contributed by atoms with Crippen molar-refractivity contribution < 1.29 is 23.5 Å². The molecule has 33 heavy (non-hydrogen) atoms. The zero-order chi connectivity index (χ0) is 23.9. The molecule has 0 radical (unpaired) electrons. The summed E-state index contributed by atoms with van der Waals surface area (Å²) >= 11 is 0. The molecule has 2 aromatic rings. The number of hydrogen-bond donors (Lipinski definition) is 0. The van der Waals surface area contributed by atoms with E-state index in [-0.39, 0.29) is 17.2 Å². The first-order valence-electron chi connectivity index (χ1n) is 11.5. The Morgan fingerprint density at radius 3 is 1.88 bits per heavy atom. The predicted octanol–water partition coefficient (Wildman–Crippen LogP) is 4.15. The van der Waals surface area contributed by atoms with Gasteiger partial charge in [-0.1, -0.05) is 81.4 Å². The van der Waals surface area contributed by atoms with Gasteiger partial charge in [-0.3, -0.25) is 0 Å². The second kappa shape index (κ2) is 10.9. The Hall–Kier alpha value is -2.70. The maximum absolute atomic E-state index is 13.0. The summed E-state index contributed by atoms with van der Waals surface area (Å²) < 4.78 is 17.3. The molecule has 0 amide bonds. The molecule has 1 fully saturated rings. The van der Waals surface area contributed by atoms with Crippen LogP contribution in [0.3, 0.4) is 0 Å². The Labute approximate surface area is 197 Å². The lowest BCUT2D eigenvalue weighted by Crippen LogP contribution is -2.67. The third kappa shape index (κ3) is 6.00. The van der Waals surface area contributed by atoms with Gasteiger partial charge in [0.25, 0.3) is 0 Å². The molecule has 0 spiro atoms. The molecule has 1 aliphatic carbocycles. The summed E-state index contributed by atoms with van der Waals surface area (Å²) in [5.74, 6) is -1.07. The lowest BCUT2D eigenvalue weighted by Gasteiger charge is -2.41. The maximum atomic E-state index is 13.0. The average molecular weight is 467 g/mol. The number of carbonyl (C=O) groups is 2. The summed E-state index contributed by atoms with van der Waals surface area (Å²) in [5, 5.41) is 1.67. The largest absolute Gasteiger partial charge is 0.506 e. The number of rotatable bonds is 7. The quantitative estimate of drug-likeness (QED) is 0.349. The van der Waals surface area contributed by atoms with Crippen LogP contribution in [0.1, 0.15) is 46.5 Å². The molecule has 0 aliphatic heterocycles. The molecule has 0 bridgehead atoms. The Balaban J connectivity index is 1.81. The summed E-state index contributed by atoms with van der Waals surface area (Å²) in [6, 6.07) is 19.8. The molecule has 1 aliphatic rings. The third-order valence-electron chi connectivity index (χ3n) is 6.22. The van der Waals surface area contributed by atoms with Gasteiger partial charge in [0.15, 0.2) is 0 Å². The van der Waals surface area contributed by atoms with E-state index in [0.29, 0.717) is 6.42 Å². The molecule has 2 unspecified atom stereocenters. The van der Waals surface area contributed by atoms with Gasteiger partial charge >= 0.3 is 20.3 Å². The van der Waals surface area contributed by atoms with Crippen molar-refractivity contribution in [3.05, 3.63) is 72.8 Å². The predicted molar refractivity (Wildman–Crippen MR) is 132 cm³/mol. The second-order valence-corrected chi connectivity index (χ2v) is 13.7. The van der Waals surface area contributed by atoms with Crippen molar-refractivity contribution in [1.29, 1.82) is 0 Å². The topological polar surface area (TPSA) is 61.8 Å². The molecule has 1 saturated carbocycles. The zero-order valence-electron chi connectivity index (χ0n) is 20.0. The van der Waals surface area contributed by atoms with Gasteiger partial charge in [0, 0.05) is 25.7 Å². The van der Waals surface area contributed by atoms with E-state index in [4.69, 9.17) is 13.9 Å². The summed E-state index contributed by atoms with van der Waals surface area (Å²) in [7, 11) is -1.33. The molecular formula is C27H34O5Si. The van der Waals surface area contributed by atoms with Gasteiger partial charge in [-0.25, -0.2) is 9.59 Å². The average Bonchev–Trinajstić information content (AvgIpc) is 2.81. The molecule has 5 nitrogen and oxygen atoms in total. The minimum Gasteiger partial charge on any atom is -0.506 e. The van der Waals surface area contributed by atoms with E-state index < -0.39 is 20.3 Å². The SMILES string of the molecule is COC1CCCC(OC(=O)/C=C\C(=O)O[Si](c2ccccc2)(c2ccccc2)C(C)(C)C)C1. The van der Waals surface area contributed by atoms with Crippen LogP contribution in [0, 0.1) is 0 Å². The van der Waals surface area contributed by atoms with Crippen molar-refractivity contribution in [2.75, 3.05) is 7.11 Å². The van der Waals surface area contributed by atoms with Crippen LogP contribution in [-0.2, 0) is 23.5 Å². The van der Waals surface area contributed by atoms with Crippen molar-refractivity contribution in [3.63, 3.8) is 0 Å². The summed E-state index contributed by atoms with van der Waals surface area (Å²) in [6.45, 7) is 6.29. The highest BCUT2D eigenvalue weighted by atomic mass is 28.4. The van der Waals surface area contributed by atoms with Crippen LogP contribution in [0.5, 0.6) is 0 Å². The van der Waals surface area contributed by atoms with Gasteiger partial charge in [0.1, 0.15) is 6.10 Å². The van der Waals surface area contributed by atoms with Crippen LogP contribution in [0.2, 0.25) is 5.04 Å². The number of methoxy groups -OCH3 is 1. The van der Waals surface area contributed by atoms with Crippen LogP contribution in [-0.4, -0.2) is 39.6 Å². The molecule has 2 aromatic carbocycles. The molecule has 0 heterocycles. The number of carbonyl (C=O) groups excluding carboxylic acids is 2. The van der Waals surface area contributed by atoms with Gasteiger partial charge in [0.05, 0.1) is 6.10 Å². The fourth-order valence-corrected chi connectivity index (χ4v) is 8.90. The van der Waals surface area contributed by atoms with Crippen molar-refractivity contribution in [3.8, 4) is 0 Å². The molecule has 0 saturated heterocycles. The normalized spacial score (nSPS) is 19.3. The second-order valence-electron chi connectivity index (χ2n) is 9.50. The fraction of sp³-hybridized carbons (Fsp3) is 0.407. The van der Waals surface area contributed by atoms with E-state index in [0.717, 1.165) is 29.6 Å². The van der Waals surface area contributed by atoms with Crippen LogP contribution < -0.4 is 10.4 Å². The van der Waals surface area contributed by atoms with Crippen molar-refractivity contribution in [2.24, 2.45) is 0 Å². The van der Waals surface area contributed by atoms with Gasteiger partial charge in [0.2, 0.25) is 0 Å². The van der Waals surface area contributed by atoms with Crippen LogP contribution in [0.15, 0.2) is 72.8 Å². The van der Waals surface area contributed by atoms with Gasteiger partial charge in [-0.15, -0.1) is 0 Å². The molecule has 2 atom stereocenters. The molecule has 0 aromatic heterocycles. The standard InChI is InChI=1S/C27H34O5Si/c1-27(2,3)33(23-14-7-5-8-15-23,24-16-9-6-10-17-24)32-26(29)19-18-25(28)31-22-13-11-12-21(20-22)30-4/h5-10,14-19,21-22H,11-13,20H2,1-4H3/b19-18-. The lowest BCUT2D eigenvalue weighted by molar-refractivity contribution is -0.147. The number of benzene rings is 2. The van der Waals surface area contributed by atoms with Crippen LogP contribution >= 0.6 is 0 Å². The number of esters is 1. The van der Waals surface area contributed by atoms with E-state index >= 15 is 0 Å². The first-order chi connectivity index (χ1) is 15.8. The Morgan fingerprint density at radius 2 is 1.36 bits per heavy atom. The first kappa shape index (κ1) is 24.9. The number of hydrogen-bond acceptors (Lipinski definition) is 5. The van der Waals surface area contributed by atoms with Crippen molar-refractivity contribution in [1.82, 2.24) is 0 Å². The smallest absolute Gasteiger partial charge is 0.331 e. The molecular weight excluding hydrogens is 432 g/mol. The van der Waals surface area contributed by atoms with Crippen LogP contribution in [0.4, 0.5) is 0 Å². The van der Waals surface area contributed by atoms with Gasteiger partial charge in [-0.2, -0.15) is 0 Å². The molecule has 6 heteroatoms. The lowest BCUT2D eigenvalue weighted by atomic mass is 9.95. The minimum atomic E-state index is -3.01. The molecule has 3 rings (SSSR count). The monoisotopic (exact) mass is 466 g/mol. The summed E-state index contributed by atoms with van der Waals surface area (Å²) in [4.78, 5) is 25.4. The minimum absolute atomic E-state index is 0.112. The highest BCUT2D eigenvalue weighted by Crippen LogP contribution is 2.36.